The number of nitrogen functional groups attached to an aromatic ring is 1. The smallest absolute Gasteiger partial charge is 0.338 e. The molecular weight excluding hydrogens is 209 g/mol. The molecule has 1 fully saturated rings. The summed E-state index contributed by atoms with van der Waals surface area (Å²) in [5, 5.41) is 0. The molecule has 1 aliphatic rings. The first kappa shape index (κ1) is 10.9. The van der Waals surface area contributed by atoms with Crippen LogP contribution in [0.1, 0.15) is 36.0 Å². The van der Waals surface area contributed by atoms with Crippen molar-refractivity contribution in [3.8, 4) is 0 Å². The van der Waals surface area contributed by atoms with Crippen LogP contribution in [0.15, 0.2) is 18.2 Å². The van der Waals surface area contributed by atoms with Crippen molar-refractivity contribution >= 4 is 11.7 Å². The van der Waals surface area contributed by atoms with Crippen LogP contribution in [-0.4, -0.2) is 12.1 Å². The molecule has 1 aliphatic carbocycles. The zero-order valence-electron chi connectivity index (χ0n) is 8.91. The van der Waals surface area contributed by atoms with E-state index in [0.717, 1.165) is 31.7 Å². The molecule has 2 N–H and O–H groups in total. The van der Waals surface area contributed by atoms with Crippen molar-refractivity contribution in [2.75, 3.05) is 5.73 Å². The molecule has 86 valence electrons. The van der Waals surface area contributed by atoms with Gasteiger partial charge in [-0.2, -0.15) is 0 Å². The molecule has 0 bridgehead atoms. The lowest BCUT2D eigenvalue weighted by Crippen LogP contribution is -2.15. The first-order valence-corrected chi connectivity index (χ1v) is 5.43. The molecule has 0 amide bonds. The van der Waals surface area contributed by atoms with Gasteiger partial charge in [-0.25, -0.2) is 9.18 Å². The second-order valence-corrected chi connectivity index (χ2v) is 4.05. The monoisotopic (exact) mass is 223 g/mol. The lowest BCUT2D eigenvalue weighted by atomic mass is 10.2. The first-order valence-electron chi connectivity index (χ1n) is 5.43. The summed E-state index contributed by atoms with van der Waals surface area (Å²) >= 11 is 0. The van der Waals surface area contributed by atoms with Crippen LogP contribution >= 0.6 is 0 Å². The van der Waals surface area contributed by atoms with E-state index >= 15 is 0 Å². The third-order valence-electron chi connectivity index (χ3n) is 2.81. The first-order chi connectivity index (χ1) is 7.66. The van der Waals surface area contributed by atoms with Crippen LogP contribution in [0.4, 0.5) is 10.1 Å². The van der Waals surface area contributed by atoms with E-state index in [4.69, 9.17) is 10.5 Å². The van der Waals surface area contributed by atoms with Crippen molar-refractivity contribution in [1.29, 1.82) is 0 Å². The van der Waals surface area contributed by atoms with Crippen LogP contribution in [0.3, 0.4) is 0 Å². The summed E-state index contributed by atoms with van der Waals surface area (Å²) in [5.41, 5.74) is 5.59. The van der Waals surface area contributed by atoms with E-state index in [1.807, 2.05) is 0 Å². The average Bonchev–Trinajstić information content (AvgIpc) is 2.74. The molecule has 0 radical (unpaired) electrons. The SMILES string of the molecule is Nc1ccc(C(=O)OC2CCCC2)cc1F. The van der Waals surface area contributed by atoms with E-state index in [9.17, 15) is 9.18 Å². The van der Waals surface area contributed by atoms with Crippen molar-refractivity contribution < 1.29 is 13.9 Å². The molecule has 0 heterocycles. The summed E-state index contributed by atoms with van der Waals surface area (Å²) in [7, 11) is 0. The van der Waals surface area contributed by atoms with Gasteiger partial charge >= 0.3 is 5.97 Å². The summed E-state index contributed by atoms with van der Waals surface area (Å²) < 4.78 is 18.4. The van der Waals surface area contributed by atoms with Gasteiger partial charge in [-0.3, -0.25) is 0 Å². The number of halogens is 1. The zero-order valence-corrected chi connectivity index (χ0v) is 8.91. The number of nitrogens with two attached hydrogens (primary N) is 1. The van der Waals surface area contributed by atoms with Crippen molar-refractivity contribution in [2.24, 2.45) is 0 Å². The summed E-state index contributed by atoms with van der Waals surface area (Å²) in [6.45, 7) is 0. The number of anilines is 1. The Morgan fingerprint density at radius 1 is 1.38 bits per heavy atom. The van der Waals surface area contributed by atoms with Crippen LogP contribution in [0.2, 0.25) is 0 Å². The number of hydrogen-bond acceptors (Lipinski definition) is 3. The van der Waals surface area contributed by atoms with E-state index in [1.54, 1.807) is 0 Å². The lowest BCUT2D eigenvalue weighted by molar-refractivity contribution is 0.0317. The number of rotatable bonds is 2. The highest BCUT2D eigenvalue weighted by molar-refractivity contribution is 5.90. The van der Waals surface area contributed by atoms with Crippen LogP contribution in [-0.2, 0) is 4.74 Å². The van der Waals surface area contributed by atoms with Crippen LogP contribution in [0.5, 0.6) is 0 Å². The van der Waals surface area contributed by atoms with Gasteiger partial charge in [0.15, 0.2) is 0 Å². The second kappa shape index (κ2) is 4.51. The molecule has 0 aliphatic heterocycles. The number of carbonyl (C=O) groups is 1. The number of benzene rings is 1. The summed E-state index contributed by atoms with van der Waals surface area (Å²) in [4.78, 5) is 11.6. The third kappa shape index (κ3) is 2.32. The van der Waals surface area contributed by atoms with Gasteiger partial charge in [0.25, 0.3) is 0 Å². The maximum atomic E-state index is 13.1. The Hall–Kier alpha value is -1.58. The van der Waals surface area contributed by atoms with Crippen molar-refractivity contribution in [2.45, 2.75) is 31.8 Å². The molecular formula is C12H14FNO2. The lowest BCUT2D eigenvalue weighted by Gasteiger charge is -2.11. The second-order valence-electron chi connectivity index (χ2n) is 4.05. The van der Waals surface area contributed by atoms with E-state index in [1.165, 1.54) is 12.1 Å². The van der Waals surface area contributed by atoms with Gasteiger partial charge in [-0.05, 0) is 43.9 Å². The van der Waals surface area contributed by atoms with Crippen LogP contribution in [0.25, 0.3) is 0 Å². The van der Waals surface area contributed by atoms with Gasteiger partial charge in [-0.15, -0.1) is 0 Å². The Bertz CT molecular complexity index is 400. The highest BCUT2D eigenvalue weighted by atomic mass is 19.1. The number of carbonyl (C=O) groups excluding carboxylic acids is 1. The van der Waals surface area contributed by atoms with E-state index in [0.29, 0.717) is 0 Å². The number of ether oxygens (including phenoxy) is 1. The minimum Gasteiger partial charge on any atom is -0.459 e. The fraction of sp³-hybridized carbons (Fsp3) is 0.417. The van der Waals surface area contributed by atoms with Crippen molar-refractivity contribution in [3.63, 3.8) is 0 Å². The molecule has 0 spiro atoms. The fourth-order valence-corrected chi connectivity index (χ4v) is 1.88. The number of hydrogen-bond donors (Lipinski definition) is 1. The highest BCUT2D eigenvalue weighted by Crippen LogP contribution is 2.22. The topological polar surface area (TPSA) is 52.3 Å². The third-order valence-corrected chi connectivity index (χ3v) is 2.81. The predicted octanol–water partition coefficient (Wildman–Crippen LogP) is 2.51. The van der Waals surface area contributed by atoms with Gasteiger partial charge < -0.3 is 10.5 Å². The minimum absolute atomic E-state index is 0.00638. The molecule has 0 atom stereocenters. The molecule has 1 aromatic carbocycles. The Morgan fingerprint density at radius 3 is 2.69 bits per heavy atom. The van der Waals surface area contributed by atoms with Crippen molar-refractivity contribution in [3.05, 3.63) is 29.6 Å². The number of esters is 1. The molecule has 0 unspecified atom stereocenters. The molecule has 4 heteroatoms. The molecule has 3 nitrogen and oxygen atoms in total. The van der Waals surface area contributed by atoms with Gasteiger partial charge in [-0.1, -0.05) is 0 Å². The van der Waals surface area contributed by atoms with Gasteiger partial charge in [0, 0.05) is 0 Å². The summed E-state index contributed by atoms with van der Waals surface area (Å²) in [5.74, 6) is -1.05. The Labute approximate surface area is 93.4 Å². The molecule has 0 saturated heterocycles. The summed E-state index contributed by atoms with van der Waals surface area (Å²) in [6, 6.07) is 3.98. The summed E-state index contributed by atoms with van der Waals surface area (Å²) in [6.07, 6.45) is 3.99. The molecule has 1 aromatic rings. The standard InChI is InChI=1S/C12H14FNO2/c13-10-7-8(5-6-11(10)14)12(15)16-9-3-1-2-4-9/h5-7,9H,1-4,14H2. The van der Waals surface area contributed by atoms with E-state index < -0.39 is 11.8 Å². The van der Waals surface area contributed by atoms with Gasteiger partial charge in [0.05, 0.1) is 11.3 Å². The normalized spacial score (nSPS) is 16.3. The molecule has 1 saturated carbocycles. The van der Waals surface area contributed by atoms with E-state index in [2.05, 4.69) is 0 Å². The molecule has 0 aromatic heterocycles. The minimum atomic E-state index is -0.583. The average molecular weight is 223 g/mol. The molecule has 16 heavy (non-hydrogen) atoms. The molecule has 2 rings (SSSR count). The predicted molar refractivity (Wildman–Crippen MR) is 58.5 cm³/mol. The van der Waals surface area contributed by atoms with E-state index in [-0.39, 0.29) is 17.4 Å². The van der Waals surface area contributed by atoms with Crippen molar-refractivity contribution in [1.82, 2.24) is 0 Å². The quantitative estimate of drug-likeness (QED) is 0.619. The van der Waals surface area contributed by atoms with Gasteiger partial charge in [0.2, 0.25) is 0 Å². The zero-order chi connectivity index (χ0) is 11.5. The Balaban J connectivity index is 2.05. The van der Waals surface area contributed by atoms with Crippen LogP contribution < -0.4 is 5.73 Å². The highest BCUT2D eigenvalue weighted by Gasteiger charge is 2.20. The maximum absolute atomic E-state index is 13.1. The van der Waals surface area contributed by atoms with Gasteiger partial charge in [0.1, 0.15) is 11.9 Å². The largest absolute Gasteiger partial charge is 0.459 e. The Morgan fingerprint density at radius 2 is 2.06 bits per heavy atom. The maximum Gasteiger partial charge on any atom is 0.338 e. The Kier molecular flexibility index (Phi) is 3.08. The fourth-order valence-electron chi connectivity index (χ4n) is 1.88. The van der Waals surface area contributed by atoms with Crippen LogP contribution in [0, 0.1) is 5.82 Å².